The van der Waals surface area contributed by atoms with Crippen LogP contribution in [0.25, 0.3) is 0 Å². The predicted molar refractivity (Wildman–Crippen MR) is 139 cm³/mol. The van der Waals surface area contributed by atoms with Crippen LogP contribution in [0.3, 0.4) is 0 Å². The highest BCUT2D eigenvalue weighted by Crippen LogP contribution is 2.42. The number of ether oxygens (including phenoxy) is 2. The molecule has 0 bridgehead atoms. The molecule has 1 aromatic carbocycles. The second-order valence-corrected chi connectivity index (χ2v) is 12.5. The van der Waals surface area contributed by atoms with Crippen LogP contribution >= 0.6 is 22.6 Å². The standard InChI is InChI=1S/C27H40INO4/c1-9-32-25(31)24(33-26(4,5)6)22-16(2)19-14-21(30)29(15-20(19)17(3)23(22)28)18-10-12-27(7,8)13-11-18/h18,24H,9-15H2,1-8H3/t24-/m0/s1. The molecule has 3 rings (SSSR count). The van der Waals surface area contributed by atoms with E-state index in [4.69, 9.17) is 9.47 Å². The molecule has 184 valence electrons. The third-order valence-electron chi connectivity index (χ3n) is 7.20. The Kier molecular flexibility index (Phi) is 7.89. The third-order valence-corrected chi connectivity index (χ3v) is 8.59. The van der Waals surface area contributed by atoms with Gasteiger partial charge >= 0.3 is 5.97 Å². The molecule has 1 saturated carbocycles. The smallest absolute Gasteiger partial charge is 0.340 e. The fourth-order valence-corrected chi connectivity index (χ4v) is 6.23. The Morgan fingerprint density at radius 3 is 2.30 bits per heavy atom. The molecular formula is C27H40INO4. The predicted octanol–water partition coefficient (Wildman–Crippen LogP) is 6.18. The molecule has 0 N–H and O–H groups in total. The Balaban J connectivity index is 2.01. The molecule has 2 aliphatic rings. The molecule has 0 spiro atoms. The number of esters is 1. The first-order valence-electron chi connectivity index (χ1n) is 12.2. The maximum Gasteiger partial charge on any atom is 0.340 e. The molecule has 5 nitrogen and oxygen atoms in total. The van der Waals surface area contributed by atoms with Gasteiger partial charge in [0.2, 0.25) is 5.91 Å². The Labute approximate surface area is 213 Å². The highest BCUT2D eigenvalue weighted by Gasteiger charge is 2.38. The van der Waals surface area contributed by atoms with Crippen molar-refractivity contribution in [1.82, 2.24) is 4.90 Å². The molecule has 1 aliphatic heterocycles. The lowest BCUT2D eigenvalue weighted by atomic mass is 9.74. The number of halogens is 1. The van der Waals surface area contributed by atoms with Gasteiger partial charge in [0.1, 0.15) is 0 Å². The molecule has 1 aromatic rings. The van der Waals surface area contributed by atoms with Gasteiger partial charge in [-0.3, -0.25) is 4.79 Å². The summed E-state index contributed by atoms with van der Waals surface area (Å²) >= 11 is 2.35. The number of carbonyl (C=O) groups is 2. The number of fused-ring (bicyclic) bond motifs is 1. The van der Waals surface area contributed by atoms with Gasteiger partial charge in [0, 0.05) is 21.7 Å². The van der Waals surface area contributed by atoms with Crippen LogP contribution in [0.1, 0.15) is 101 Å². The van der Waals surface area contributed by atoms with E-state index in [0.717, 1.165) is 51.5 Å². The van der Waals surface area contributed by atoms with Gasteiger partial charge in [0.05, 0.1) is 18.6 Å². The fraction of sp³-hybridized carbons (Fsp3) is 0.704. The summed E-state index contributed by atoms with van der Waals surface area (Å²) in [6.45, 7) is 17.4. The van der Waals surface area contributed by atoms with Crippen molar-refractivity contribution >= 4 is 34.5 Å². The van der Waals surface area contributed by atoms with Crippen molar-refractivity contribution in [3.63, 3.8) is 0 Å². The van der Waals surface area contributed by atoms with Gasteiger partial charge in [-0.15, -0.1) is 0 Å². The number of rotatable bonds is 5. The zero-order chi connectivity index (χ0) is 24.7. The van der Waals surface area contributed by atoms with Crippen LogP contribution in [0.4, 0.5) is 0 Å². The summed E-state index contributed by atoms with van der Waals surface area (Å²) in [5.41, 5.74) is 5.14. The van der Waals surface area contributed by atoms with Crippen molar-refractivity contribution in [3.05, 3.63) is 31.4 Å². The Morgan fingerprint density at radius 2 is 1.76 bits per heavy atom. The van der Waals surface area contributed by atoms with E-state index in [1.807, 2.05) is 34.6 Å². The molecule has 33 heavy (non-hydrogen) atoms. The van der Waals surface area contributed by atoms with E-state index in [1.165, 1.54) is 5.56 Å². The second-order valence-electron chi connectivity index (χ2n) is 11.4. The van der Waals surface area contributed by atoms with Crippen molar-refractivity contribution in [3.8, 4) is 0 Å². The number of benzene rings is 1. The second kappa shape index (κ2) is 9.84. The van der Waals surface area contributed by atoms with E-state index in [9.17, 15) is 9.59 Å². The summed E-state index contributed by atoms with van der Waals surface area (Å²) in [5, 5.41) is 0. The molecule has 1 aliphatic carbocycles. The summed E-state index contributed by atoms with van der Waals surface area (Å²) in [4.78, 5) is 28.4. The first kappa shape index (κ1) is 26.5. The highest BCUT2D eigenvalue weighted by molar-refractivity contribution is 14.1. The third kappa shape index (κ3) is 5.75. The minimum absolute atomic E-state index is 0.200. The van der Waals surface area contributed by atoms with E-state index < -0.39 is 11.7 Å². The van der Waals surface area contributed by atoms with Gasteiger partial charge in [0.25, 0.3) is 0 Å². The lowest BCUT2D eigenvalue weighted by molar-refractivity contribution is -0.167. The van der Waals surface area contributed by atoms with Crippen LogP contribution in [0.5, 0.6) is 0 Å². The highest BCUT2D eigenvalue weighted by atomic mass is 127. The zero-order valence-electron chi connectivity index (χ0n) is 21.6. The number of hydrogen-bond donors (Lipinski definition) is 0. The summed E-state index contributed by atoms with van der Waals surface area (Å²) in [6.07, 6.45) is 4.05. The van der Waals surface area contributed by atoms with Gasteiger partial charge in [-0.05, 0) is 117 Å². The number of amides is 1. The van der Waals surface area contributed by atoms with Crippen LogP contribution < -0.4 is 0 Å². The number of nitrogens with zero attached hydrogens (tertiary/aromatic N) is 1. The molecule has 0 aromatic heterocycles. The van der Waals surface area contributed by atoms with Crippen molar-refractivity contribution in [2.75, 3.05) is 6.61 Å². The van der Waals surface area contributed by atoms with Gasteiger partial charge in [-0.25, -0.2) is 4.79 Å². The van der Waals surface area contributed by atoms with Crippen LogP contribution in [0, 0.1) is 22.8 Å². The lowest BCUT2D eigenvalue weighted by Gasteiger charge is -2.43. The van der Waals surface area contributed by atoms with Crippen LogP contribution in [0.15, 0.2) is 0 Å². The van der Waals surface area contributed by atoms with E-state index >= 15 is 0 Å². The monoisotopic (exact) mass is 569 g/mol. The maximum absolute atomic E-state index is 13.3. The average molecular weight is 570 g/mol. The largest absolute Gasteiger partial charge is 0.464 e. The molecule has 1 heterocycles. The lowest BCUT2D eigenvalue weighted by Crippen LogP contribution is -2.46. The molecule has 0 radical (unpaired) electrons. The van der Waals surface area contributed by atoms with Gasteiger partial charge in [-0.1, -0.05) is 13.8 Å². The van der Waals surface area contributed by atoms with Crippen LogP contribution in [-0.2, 0) is 32.0 Å². The van der Waals surface area contributed by atoms with E-state index in [0.29, 0.717) is 31.0 Å². The fourth-order valence-electron chi connectivity index (χ4n) is 5.22. The Hall–Kier alpha value is -1.15. The summed E-state index contributed by atoms with van der Waals surface area (Å²) < 4.78 is 12.7. The topological polar surface area (TPSA) is 55.8 Å². The molecule has 1 fully saturated rings. The quantitative estimate of drug-likeness (QED) is 0.314. The average Bonchev–Trinajstić information content (AvgIpc) is 2.71. The Bertz CT molecular complexity index is 921. The normalized spacial score (nSPS) is 19.9. The first-order chi connectivity index (χ1) is 15.3. The summed E-state index contributed by atoms with van der Waals surface area (Å²) in [5.74, 6) is -0.173. The van der Waals surface area contributed by atoms with Crippen LogP contribution in [0.2, 0.25) is 0 Å². The Morgan fingerprint density at radius 1 is 1.15 bits per heavy atom. The number of carbonyl (C=O) groups excluding carboxylic acids is 2. The molecule has 0 saturated heterocycles. The van der Waals surface area contributed by atoms with Crippen molar-refractivity contribution in [2.45, 2.75) is 112 Å². The zero-order valence-corrected chi connectivity index (χ0v) is 23.7. The molecule has 1 atom stereocenters. The van der Waals surface area contributed by atoms with Crippen LogP contribution in [-0.4, -0.2) is 35.0 Å². The molecular weight excluding hydrogens is 529 g/mol. The molecule has 0 unspecified atom stereocenters. The molecule has 6 heteroatoms. The van der Waals surface area contributed by atoms with E-state index in [-0.39, 0.29) is 11.9 Å². The summed E-state index contributed by atoms with van der Waals surface area (Å²) in [6, 6.07) is 0.326. The molecule has 1 amide bonds. The maximum atomic E-state index is 13.3. The van der Waals surface area contributed by atoms with E-state index in [1.54, 1.807) is 0 Å². The SMILES string of the molecule is CCOC(=O)[C@@H](OC(C)(C)C)c1c(C)c2c(c(C)c1I)CN(C1CCC(C)(C)CC1)C(=O)C2. The van der Waals surface area contributed by atoms with Crippen molar-refractivity contribution < 1.29 is 19.1 Å². The van der Waals surface area contributed by atoms with Gasteiger partial charge < -0.3 is 14.4 Å². The summed E-state index contributed by atoms with van der Waals surface area (Å²) in [7, 11) is 0. The van der Waals surface area contributed by atoms with E-state index in [2.05, 4.69) is 48.3 Å². The van der Waals surface area contributed by atoms with Crippen molar-refractivity contribution in [1.29, 1.82) is 0 Å². The van der Waals surface area contributed by atoms with Gasteiger partial charge in [-0.2, -0.15) is 0 Å². The first-order valence-corrected chi connectivity index (χ1v) is 13.3. The number of hydrogen-bond acceptors (Lipinski definition) is 4. The van der Waals surface area contributed by atoms with Gasteiger partial charge in [0.15, 0.2) is 6.10 Å². The van der Waals surface area contributed by atoms with Crippen molar-refractivity contribution in [2.24, 2.45) is 5.41 Å². The minimum Gasteiger partial charge on any atom is -0.464 e. The minimum atomic E-state index is -0.811.